The van der Waals surface area contributed by atoms with E-state index in [0.29, 0.717) is 5.88 Å². The molecule has 1 aromatic carbocycles. The number of hydrogen-bond donors (Lipinski definition) is 1. The topological polar surface area (TPSA) is 72.3 Å². The number of ether oxygens (including phenoxy) is 1. The molecule has 1 N–H and O–H groups in total. The van der Waals surface area contributed by atoms with Crippen LogP contribution in [0.3, 0.4) is 0 Å². The van der Waals surface area contributed by atoms with E-state index >= 15 is 0 Å². The van der Waals surface area contributed by atoms with Gasteiger partial charge in [-0.25, -0.2) is 19.2 Å². The molecule has 0 unspecified atom stereocenters. The lowest BCUT2D eigenvalue weighted by atomic mass is 10.2. The second-order valence-electron chi connectivity index (χ2n) is 4.15. The summed E-state index contributed by atoms with van der Waals surface area (Å²) in [4.78, 5) is 18.7. The van der Waals surface area contributed by atoms with Gasteiger partial charge in [0.25, 0.3) is 0 Å². The molecule has 5 nitrogen and oxygen atoms in total. The molecular formula is C14H13FN2O3. The van der Waals surface area contributed by atoms with Crippen LogP contribution >= 0.6 is 0 Å². The van der Waals surface area contributed by atoms with Gasteiger partial charge in [0, 0.05) is 17.8 Å². The molecular weight excluding hydrogens is 263 g/mol. The highest BCUT2D eigenvalue weighted by Crippen LogP contribution is 2.22. The van der Waals surface area contributed by atoms with Crippen LogP contribution in [0.2, 0.25) is 0 Å². The Morgan fingerprint density at radius 1 is 1.35 bits per heavy atom. The van der Waals surface area contributed by atoms with Crippen LogP contribution in [0.1, 0.15) is 29.4 Å². The van der Waals surface area contributed by atoms with Gasteiger partial charge in [-0.3, -0.25) is 0 Å². The highest BCUT2D eigenvalue weighted by molar-refractivity contribution is 5.88. The standard InChI is InChI=1S/C14H13FN2O3/c1-2-3-9-6-13(17-8-16-9)20-10-4-5-11(14(18)19)12(15)7-10/h4-8H,2-3H2,1H3,(H,18,19). The van der Waals surface area contributed by atoms with Crippen molar-refractivity contribution in [3.63, 3.8) is 0 Å². The number of aromatic carboxylic acids is 1. The van der Waals surface area contributed by atoms with E-state index in [0.717, 1.165) is 30.7 Å². The van der Waals surface area contributed by atoms with Crippen LogP contribution in [0.25, 0.3) is 0 Å². The van der Waals surface area contributed by atoms with Gasteiger partial charge in [-0.2, -0.15) is 0 Å². The van der Waals surface area contributed by atoms with E-state index in [2.05, 4.69) is 9.97 Å². The third-order valence-corrected chi connectivity index (χ3v) is 2.60. The van der Waals surface area contributed by atoms with Crippen molar-refractivity contribution in [3.8, 4) is 11.6 Å². The SMILES string of the molecule is CCCc1cc(Oc2ccc(C(=O)O)c(F)c2)ncn1. The molecule has 6 heteroatoms. The highest BCUT2D eigenvalue weighted by atomic mass is 19.1. The van der Waals surface area contributed by atoms with Crippen molar-refractivity contribution in [2.75, 3.05) is 0 Å². The molecule has 0 radical (unpaired) electrons. The van der Waals surface area contributed by atoms with Crippen molar-refractivity contribution in [1.82, 2.24) is 9.97 Å². The summed E-state index contributed by atoms with van der Waals surface area (Å²) in [7, 11) is 0. The zero-order chi connectivity index (χ0) is 14.5. The minimum absolute atomic E-state index is 0.189. The molecule has 104 valence electrons. The van der Waals surface area contributed by atoms with Crippen LogP contribution in [-0.2, 0) is 6.42 Å². The summed E-state index contributed by atoms with van der Waals surface area (Å²) in [6.45, 7) is 2.03. The smallest absolute Gasteiger partial charge is 0.338 e. The number of nitrogens with zero attached hydrogens (tertiary/aromatic N) is 2. The molecule has 2 rings (SSSR count). The molecule has 0 aliphatic carbocycles. The van der Waals surface area contributed by atoms with Gasteiger partial charge in [-0.1, -0.05) is 13.3 Å². The number of rotatable bonds is 5. The van der Waals surface area contributed by atoms with Crippen LogP contribution in [0.5, 0.6) is 11.6 Å². The monoisotopic (exact) mass is 276 g/mol. The van der Waals surface area contributed by atoms with E-state index in [1.807, 2.05) is 6.92 Å². The maximum Gasteiger partial charge on any atom is 0.338 e. The predicted molar refractivity (Wildman–Crippen MR) is 69.5 cm³/mol. The molecule has 0 aliphatic heterocycles. The Balaban J connectivity index is 2.19. The van der Waals surface area contributed by atoms with Crippen LogP contribution in [-0.4, -0.2) is 21.0 Å². The van der Waals surface area contributed by atoms with Crippen molar-refractivity contribution in [2.24, 2.45) is 0 Å². The number of aromatic nitrogens is 2. The summed E-state index contributed by atoms with van der Waals surface area (Å²) in [6, 6.07) is 5.23. The van der Waals surface area contributed by atoms with Gasteiger partial charge in [-0.05, 0) is 18.6 Å². The minimum Gasteiger partial charge on any atom is -0.478 e. The summed E-state index contributed by atoms with van der Waals surface area (Å²) in [6.07, 6.45) is 3.12. The number of carboxylic acids is 1. The van der Waals surface area contributed by atoms with E-state index in [4.69, 9.17) is 9.84 Å². The molecule has 20 heavy (non-hydrogen) atoms. The van der Waals surface area contributed by atoms with E-state index in [1.165, 1.54) is 12.4 Å². The number of benzene rings is 1. The molecule has 0 spiro atoms. The maximum atomic E-state index is 13.5. The molecule has 0 aliphatic rings. The predicted octanol–water partition coefficient (Wildman–Crippen LogP) is 3.06. The van der Waals surface area contributed by atoms with Gasteiger partial charge in [0.2, 0.25) is 5.88 Å². The quantitative estimate of drug-likeness (QED) is 0.908. The summed E-state index contributed by atoms with van der Waals surface area (Å²) < 4.78 is 18.9. The summed E-state index contributed by atoms with van der Waals surface area (Å²) in [5, 5.41) is 8.74. The van der Waals surface area contributed by atoms with Crippen molar-refractivity contribution < 1.29 is 19.0 Å². The second-order valence-corrected chi connectivity index (χ2v) is 4.15. The fourth-order valence-electron chi connectivity index (χ4n) is 1.68. The molecule has 2 aromatic rings. The molecule has 0 saturated heterocycles. The van der Waals surface area contributed by atoms with Crippen molar-refractivity contribution in [2.45, 2.75) is 19.8 Å². The summed E-state index contributed by atoms with van der Waals surface area (Å²) in [5.74, 6) is -1.68. The first-order valence-corrected chi connectivity index (χ1v) is 6.11. The lowest BCUT2D eigenvalue weighted by molar-refractivity contribution is 0.0692. The lowest BCUT2D eigenvalue weighted by Crippen LogP contribution is -2.00. The van der Waals surface area contributed by atoms with E-state index < -0.39 is 17.3 Å². The average Bonchev–Trinajstić information content (AvgIpc) is 2.39. The van der Waals surface area contributed by atoms with Gasteiger partial charge >= 0.3 is 5.97 Å². The molecule has 0 saturated carbocycles. The Morgan fingerprint density at radius 3 is 2.80 bits per heavy atom. The van der Waals surface area contributed by atoms with E-state index in [9.17, 15) is 9.18 Å². The van der Waals surface area contributed by atoms with Gasteiger partial charge in [0.15, 0.2) is 0 Å². The number of aryl methyl sites for hydroxylation is 1. The number of halogens is 1. The Kier molecular flexibility index (Phi) is 4.24. The fourth-order valence-corrected chi connectivity index (χ4v) is 1.68. The zero-order valence-electron chi connectivity index (χ0n) is 10.8. The largest absolute Gasteiger partial charge is 0.478 e. The van der Waals surface area contributed by atoms with Gasteiger partial charge in [0.05, 0.1) is 5.56 Å². The second kappa shape index (κ2) is 6.10. The average molecular weight is 276 g/mol. The van der Waals surface area contributed by atoms with E-state index in [-0.39, 0.29) is 5.75 Å². The third-order valence-electron chi connectivity index (χ3n) is 2.60. The molecule has 0 fully saturated rings. The normalized spacial score (nSPS) is 10.3. The van der Waals surface area contributed by atoms with Gasteiger partial charge in [-0.15, -0.1) is 0 Å². The summed E-state index contributed by atoms with van der Waals surface area (Å²) >= 11 is 0. The first-order chi connectivity index (χ1) is 9.60. The zero-order valence-corrected chi connectivity index (χ0v) is 10.8. The third kappa shape index (κ3) is 3.28. The maximum absolute atomic E-state index is 13.5. The number of carbonyl (C=O) groups is 1. The van der Waals surface area contributed by atoms with Gasteiger partial charge in [0.1, 0.15) is 17.9 Å². The molecule has 1 aromatic heterocycles. The lowest BCUT2D eigenvalue weighted by Gasteiger charge is -2.06. The first kappa shape index (κ1) is 13.9. The minimum atomic E-state index is -1.32. The number of carboxylic acid groups (broad SMARTS) is 1. The Morgan fingerprint density at radius 2 is 2.15 bits per heavy atom. The highest BCUT2D eigenvalue weighted by Gasteiger charge is 2.11. The van der Waals surface area contributed by atoms with Crippen LogP contribution < -0.4 is 4.74 Å². The van der Waals surface area contributed by atoms with Crippen molar-refractivity contribution >= 4 is 5.97 Å². The van der Waals surface area contributed by atoms with Crippen LogP contribution in [0.4, 0.5) is 4.39 Å². The Hall–Kier alpha value is -2.50. The van der Waals surface area contributed by atoms with Gasteiger partial charge < -0.3 is 9.84 Å². The van der Waals surface area contributed by atoms with Crippen molar-refractivity contribution in [1.29, 1.82) is 0 Å². The Labute approximate surface area is 115 Å². The van der Waals surface area contributed by atoms with Crippen molar-refractivity contribution in [3.05, 3.63) is 47.7 Å². The van der Waals surface area contributed by atoms with Crippen LogP contribution in [0.15, 0.2) is 30.6 Å². The summed E-state index contributed by atoms with van der Waals surface area (Å²) in [5.41, 5.74) is 0.437. The molecule has 1 heterocycles. The van der Waals surface area contributed by atoms with E-state index in [1.54, 1.807) is 6.07 Å². The van der Waals surface area contributed by atoms with Crippen LogP contribution in [0, 0.1) is 5.82 Å². The fraction of sp³-hybridized carbons (Fsp3) is 0.214. The first-order valence-electron chi connectivity index (χ1n) is 6.11. The molecule has 0 bridgehead atoms. The number of hydrogen-bond acceptors (Lipinski definition) is 4. The molecule has 0 amide bonds. The Bertz CT molecular complexity index is 632. The molecule has 0 atom stereocenters.